The van der Waals surface area contributed by atoms with E-state index in [9.17, 15) is 29.7 Å². The van der Waals surface area contributed by atoms with Crippen LogP contribution in [0.4, 0.5) is 4.79 Å². The van der Waals surface area contributed by atoms with Gasteiger partial charge in [-0.2, -0.15) is 0 Å². The number of carbonyl (C=O) groups excluding carboxylic acids is 3. The fraction of sp³-hybridized carbons (Fsp3) is 0.400. The molecule has 180 valence electrons. The van der Waals surface area contributed by atoms with Crippen LogP contribution >= 0.6 is 11.8 Å². The topological polar surface area (TPSA) is 115 Å². The summed E-state index contributed by atoms with van der Waals surface area (Å²) in [6, 6.07) is 6.18. The monoisotopic (exact) mass is 475 g/mol. The molecule has 2 rings (SSSR count). The van der Waals surface area contributed by atoms with Gasteiger partial charge in [-0.15, -0.1) is 0 Å². The standard InChI is InChI=1S/C14H19NO3S.C11H14O3/c1-5-6-11-12(19-14(18)15(3)4)8-7-10(9(2)16)13(11)17;1-3-4-9-10(13)6-5-8(7(2)12)11(9)14/h7-8,17H,5-6H2,1-4H3;5-6,13-14H,3-4H2,1-2H3. The van der Waals surface area contributed by atoms with Crippen molar-refractivity contribution in [2.24, 2.45) is 0 Å². The highest BCUT2D eigenvalue weighted by Crippen LogP contribution is 2.35. The highest BCUT2D eigenvalue weighted by atomic mass is 32.2. The number of rotatable bonds is 7. The van der Waals surface area contributed by atoms with Crippen molar-refractivity contribution in [3.63, 3.8) is 0 Å². The van der Waals surface area contributed by atoms with Gasteiger partial charge in [-0.1, -0.05) is 26.7 Å². The number of thioether (sulfide) groups is 1. The summed E-state index contributed by atoms with van der Waals surface area (Å²) >= 11 is 1.07. The Bertz CT molecular complexity index is 1020. The highest BCUT2D eigenvalue weighted by molar-refractivity contribution is 8.13. The zero-order valence-corrected chi connectivity index (χ0v) is 20.9. The van der Waals surface area contributed by atoms with E-state index in [-0.39, 0.29) is 39.6 Å². The number of hydrogen-bond donors (Lipinski definition) is 3. The Balaban J connectivity index is 0.000000346. The fourth-order valence-corrected chi connectivity index (χ4v) is 3.91. The molecule has 0 aromatic heterocycles. The number of aromatic hydroxyl groups is 3. The molecule has 0 saturated carbocycles. The van der Waals surface area contributed by atoms with Crippen LogP contribution in [-0.4, -0.2) is 51.1 Å². The van der Waals surface area contributed by atoms with Gasteiger partial charge in [0.25, 0.3) is 5.24 Å². The van der Waals surface area contributed by atoms with Crippen LogP contribution in [0.3, 0.4) is 0 Å². The van der Waals surface area contributed by atoms with Crippen molar-refractivity contribution in [3.05, 3.63) is 46.5 Å². The van der Waals surface area contributed by atoms with Gasteiger partial charge in [-0.3, -0.25) is 14.4 Å². The Morgan fingerprint density at radius 1 is 0.788 bits per heavy atom. The van der Waals surface area contributed by atoms with E-state index in [4.69, 9.17) is 0 Å². The quantitative estimate of drug-likeness (QED) is 0.354. The first-order valence-corrected chi connectivity index (χ1v) is 11.6. The minimum absolute atomic E-state index is 0.00547. The summed E-state index contributed by atoms with van der Waals surface area (Å²) < 4.78 is 0. The van der Waals surface area contributed by atoms with Gasteiger partial charge < -0.3 is 20.2 Å². The molecule has 0 atom stereocenters. The summed E-state index contributed by atoms with van der Waals surface area (Å²) in [4.78, 5) is 36.4. The zero-order valence-electron chi connectivity index (χ0n) is 20.1. The molecule has 0 heterocycles. The van der Waals surface area contributed by atoms with E-state index < -0.39 is 0 Å². The largest absolute Gasteiger partial charge is 0.508 e. The first-order chi connectivity index (χ1) is 15.5. The SMILES string of the molecule is CCCc1c(O)ccc(C(C)=O)c1O.CCCc1c(SC(=O)N(C)C)ccc(C(C)=O)c1O. The maximum absolute atomic E-state index is 11.7. The zero-order chi connectivity index (χ0) is 25.3. The number of hydrogen-bond acceptors (Lipinski definition) is 7. The number of carbonyl (C=O) groups is 3. The molecule has 7 nitrogen and oxygen atoms in total. The molecular formula is C25H33NO6S. The smallest absolute Gasteiger partial charge is 0.285 e. The van der Waals surface area contributed by atoms with Gasteiger partial charge in [0.2, 0.25) is 0 Å². The number of nitrogens with zero attached hydrogens (tertiary/aromatic N) is 1. The minimum atomic E-state index is -0.195. The third-order valence-corrected chi connectivity index (χ3v) is 5.96. The van der Waals surface area contributed by atoms with Gasteiger partial charge in [0.05, 0.1) is 11.1 Å². The van der Waals surface area contributed by atoms with Crippen LogP contribution in [0, 0.1) is 0 Å². The molecule has 0 saturated heterocycles. The van der Waals surface area contributed by atoms with Crippen molar-refractivity contribution < 1.29 is 29.7 Å². The van der Waals surface area contributed by atoms with Crippen molar-refractivity contribution in [1.82, 2.24) is 4.90 Å². The Kier molecular flexibility index (Phi) is 10.9. The van der Waals surface area contributed by atoms with E-state index in [1.54, 1.807) is 26.2 Å². The summed E-state index contributed by atoms with van der Waals surface area (Å²) in [6.07, 6.45) is 2.84. The molecule has 0 aliphatic rings. The number of phenols is 3. The van der Waals surface area contributed by atoms with Crippen LogP contribution < -0.4 is 0 Å². The molecule has 0 unspecified atom stereocenters. The predicted octanol–water partition coefficient (Wildman–Crippen LogP) is 5.57. The van der Waals surface area contributed by atoms with Crippen molar-refractivity contribution in [2.75, 3.05) is 14.1 Å². The molecule has 2 aromatic carbocycles. The lowest BCUT2D eigenvalue weighted by Crippen LogP contribution is -2.16. The van der Waals surface area contributed by atoms with E-state index in [1.165, 1.54) is 30.9 Å². The van der Waals surface area contributed by atoms with E-state index >= 15 is 0 Å². The van der Waals surface area contributed by atoms with E-state index in [0.29, 0.717) is 34.4 Å². The lowest BCUT2D eigenvalue weighted by Gasteiger charge is -2.14. The summed E-state index contributed by atoms with van der Waals surface area (Å²) in [5, 5.41) is 29.2. The molecule has 3 N–H and O–H groups in total. The molecule has 0 spiro atoms. The molecule has 0 radical (unpaired) electrons. The molecule has 33 heavy (non-hydrogen) atoms. The summed E-state index contributed by atoms with van der Waals surface area (Å²) in [7, 11) is 3.36. The van der Waals surface area contributed by atoms with Gasteiger partial charge >= 0.3 is 0 Å². The van der Waals surface area contributed by atoms with Crippen molar-refractivity contribution in [1.29, 1.82) is 0 Å². The van der Waals surface area contributed by atoms with E-state index in [1.807, 2.05) is 13.8 Å². The summed E-state index contributed by atoms with van der Waals surface area (Å²) in [5.41, 5.74) is 1.71. The summed E-state index contributed by atoms with van der Waals surface area (Å²) in [5.74, 6) is -0.398. The average molecular weight is 476 g/mol. The van der Waals surface area contributed by atoms with Crippen LogP contribution in [0.5, 0.6) is 17.2 Å². The van der Waals surface area contributed by atoms with Gasteiger partial charge in [-0.05, 0) is 62.7 Å². The second-order valence-electron chi connectivity index (χ2n) is 7.77. The van der Waals surface area contributed by atoms with E-state index in [0.717, 1.165) is 24.6 Å². The van der Waals surface area contributed by atoms with Crippen molar-refractivity contribution in [2.45, 2.75) is 58.3 Å². The third kappa shape index (κ3) is 7.53. The second-order valence-corrected chi connectivity index (χ2v) is 8.77. The highest BCUT2D eigenvalue weighted by Gasteiger charge is 2.18. The van der Waals surface area contributed by atoms with E-state index in [2.05, 4.69) is 0 Å². The molecule has 0 fully saturated rings. The Hall–Kier alpha value is -3.00. The second kappa shape index (κ2) is 12.9. The molecule has 2 aromatic rings. The predicted molar refractivity (Wildman–Crippen MR) is 131 cm³/mol. The normalized spacial score (nSPS) is 10.2. The number of phenolic OH excluding ortho intramolecular Hbond substituents is 3. The van der Waals surface area contributed by atoms with Crippen LogP contribution in [-0.2, 0) is 12.8 Å². The van der Waals surface area contributed by atoms with Gasteiger partial charge in [0.1, 0.15) is 17.2 Å². The first-order valence-electron chi connectivity index (χ1n) is 10.8. The van der Waals surface area contributed by atoms with Crippen LogP contribution in [0.25, 0.3) is 0 Å². The number of benzene rings is 2. The molecule has 0 bridgehead atoms. The molecular weight excluding hydrogens is 442 g/mol. The molecule has 1 amide bonds. The minimum Gasteiger partial charge on any atom is -0.508 e. The van der Waals surface area contributed by atoms with Crippen LogP contribution in [0.15, 0.2) is 29.2 Å². The maximum Gasteiger partial charge on any atom is 0.285 e. The molecule has 0 aliphatic heterocycles. The Morgan fingerprint density at radius 3 is 1.70 bits per heavy atom. The van der Waals surface area contributed by atoms with Gasteiger partial charge in [0, 0.05) is 30.1 Å². The number of ketones is 2. The third-order valence-electron chi connectivity index (χ3n) is 4.82. The number of amides is 1. The molecule has 0 aliphatic carbocycles. The van der Waals surface area contributed by atoms with Gasteiger partial charge in [-0.25, -0.2) is 0 Å². The van der Waals surface area contributed by atoms with Crippen molar-refractivity contribution in [3.8, 4) is 17.2 Å². The number of Topliss-reactive ketones (excluding diaryl/α,β-unsaturated/α-hetero) is 2. The van der Waals surface area contributed by atoms with Gasteiger partial charge in [0.15, 0.2) is 11.6 Å². The lowest BCUT2D eigenvalue weighted by molar-refractivity contribution is 0.100. The average Bonchev–Trinajstić information content (AvgIpc) is 2.73. The molecule has 8 heteroatoms. The Morgan fingerprint density at radius 2 is 1.24 bits per heavy atom. The Labute approximate surface area is 199 Å². The van der Waals surface area contributed by atoms with Crippen molar-refractivity contribution >= 4 is 28.6 Å². The van der Waals surface area contributed by atoms with Crippen LogP contribution in [0.2, 0.25) is 0 Å². The maximum atomic E-state index is 11.7. The first kappa shape index (κ1) is 28.0. The fourth-order valence-electron chi connectivity index (χ4n) is 3.08. The lowest BCUT2D eigenvalue weighted by atomic mass is 10.0. The van der Waals surface area contributed by atoms with Crippen LogP contribution in [0.1, 0.15) is 72.4 Å². The summed E-state index contributed by atoms with van der Waals surface area (Å²) in [6.45, 7) is 6.74.